The van der Waals surface area contributed by atoms with Gasteiger partial charge in [-0.15, -0.1) is 6.58 Å². The first kappa shape index (κ1) is 9.79. The van der Waals surface area contributed by atoms with Crippen LogP contribution >= 0.6 is 0 Å². The largest absolute Gasteiger partial charge is 0.390 e. The van der Waals surface area contributed by atoms with Crippen molar-refractivity contribution in [3.8, 4) is 0 Å². The smallest absolute Gasteiger partial charge is 0.0650 e. The van der Waals surface area contributed by atoms with Gasteiger partial charge in [0.25, 0.3) is 0 Å². The molecular formula is C11H20O. The van der Waals surface area contributed by atoms with E-state index in [9.17, 15) is 5.11 Å². The summed E-state index contributed by atoms with van der Waals surface area (Å²) in [6.45, 7) is 5.66. The predicted molar refractivity (Wildman–Crippen MR) is 52.0 cm³/mol. The molecule has 0 bridgehead atoms. The van der Waals surface area contributed by atoms with Gasteiger partial charge in [0.2, 0.25) is 0 Å². The molecule has 70 valence electrons. The second-order valence-electron chi connectivity index (χ2n) is 4.17. The average molecular weight is 168 g/mol. The van der Waals surface area contributed by atoms with E-state index >= 15 is 0 Å². The summed E-state index contributed by atoms with van der Waals surface area (Å²) < 4.78 is 0. The first-order valence-corrected chi connectivity index (χ1v) is 5.00. The summed E-state index contributed by atoms with van der Waals surface area (Å²) in [5, 5.41) is 10.1. The van der Waals surface area contributed by atoms with Crippen molar-refractivity contribution < 1.29 is 5.11 Å². The van der Waals surface area contributed by atoms with Crippen molar-refractivity contribution in [2.45, 2.75) is 51.0 Å². The first-order valence-electron chi connectivity index (χ1n) is 5.00. The molecule has 0 spiro atoms. The van der Waals surface area contributed by atoms with Crippen LogP contribution in [0.15, 0.2) is 12.7 Å². The fraction of sp³-hybridized carbons (Fsp3) is 0.818. The highest BCUT2D eigenvalue weighted by molar-refractivity contribution is 4.87. The van der Waals surface area contributed by atoms with Crippen LogP contribution in [0, 0.1) is 5.92 Å². The van der Waals surface area contributed by atoms with Gasteiger partial charge in [-0.05, 0) is 38.5 Å². The molecule has 0 aromatic heterocycles. The van der Waals surface area contributed by atoms with E-state index in [1.807, 2.05) is 13.0 Å². The van der Waals surface area contributed by atoms with Crippen molar-refractivity contribution in [1.82, 2.24) is 0 Å². The van der Waals surface area contributed by atoms with E-state index in [1.54, 1.807) is 0 Å². The molecule has 1 N–H and O–H groups in total. The lowest BCUT2D eigenvalue weighted by atomic mass is 9.84. The Morgan fingerprint density at radius 3 is 2.58 bits per heavy atom. The lowest BCUT2D eigenvalue weighted by Crippen LogP contribution is -2.32. The summed E-state index contributed by atoms with van der Waals surface area (Å²) in [4.78, 5) is 0. The van der Waals surface area contributed by atoms with Crippen molar-refractivity contribution in [3.63, 3.8) is 0 Å². The summed E-state index contributed by atoms with van der Waals surface area (Å²) in [6, 6.07) is 0. The van der Waals surface area contributed by atoms with Crippen LogP contribution < -0.4 is 0 Å². The van der Waals surface area contributed by atoms with E-state index < -0.39 is 5.60 Å². The van der Waals surface area contributed by atoms with Crippen LogP contribution in [-0.4, -0.2) is 10.7 Å². The fourth-order valence-electron chi connectivity index (χ4n) is 2.15. The van der Waals surface area contributed by atoms with E-state index in [4.69, 9.17) is 0 Å². The first-order chi connectivity index (χ1) is 5.67. The van der Waals surface area contributed by atoms with E-state index in [2.05, 4.69) is 6.58 Å². The number of aliphatic hydroxyl groups is 1. The molecule has 1 atom stereocenters. The SMILES string of the molecule is C=CCCC(C)(O)C1CCCC1. The Labute approximate surface area is 75.5 Å². The highest BCUT2D eigenvalue weighted by atomic mass is 16.3. The van der Waals surface area contributed by atoms with Gasteiger partial charge >= 0.3 is 0 Å². The Morgan fingerprint density at radius 2 is 2.08 bits per heavy atom. The molecule has 1 heteroatoms. The zero-order valence-electron chi connectivity index (χ0n) is 8.05. The van der Waals surface area contributed by atoms with Crippen molar-refractivity contribution in [1.29, 1.82) is 0 Å². The van der Waals surface area contributed by atoms with Crippen LogP contribution in [0.5, 0.6) is 0 Å². The van der Waals surface area contributed by atoms with Crippen LogP contribution in [0.3, 0.4) is 0 Å². The summed E-state index contributed by atoms with van der Waals surface area (Å²) in [5.41, 5.74) is -0.440. The molecule has 1 unspecified atom stereocenters. The molecule has 0 aromatic carbocycles. The van der Waals surface area contributed by atoms with Gasteiger partial charge in [0.05, 0.1) is 5.60 Å². The normalized spacial score (nSPS) is 23.8. The molecule has 12 heavy (non-hydrogen) atoms. The van der Waals surface area contributed by atoms with E-state index in [1.165, 1.54) is 25.7 Å². The molecule has 0 saturated heterocycles. The molecule has 0 aliphatic heterocycles. The molecule has 1 fully saturated rings. The summed E-state index contributed by atoms with van der Waals surface area (Å²) in [5.74, 6) is 0.539. The predicted octanol–water partition coefficient (Wildman–Crippen LogP) is 2.89. The third kappa shape index (κ3) is 2.34. The topological polar surface area (TPSA) is 20.2 Å². The van der Waals surface area contributed by atoms with Crippen molar-refractivity contribution in [3.05, 3.63) is 12.7 Å². The van der Waals surface area contributed by atoms with Gasteiger partial charge in [0.15, 0.2) is 0 Å². The molecular weight excluding hydrogens is 148 g/mol. The zero-order chi connectivity index (χ0) is 9.03. The Bertz CT molecular complexity index is 143. The van der Waals surface area contributed by atoms with Gasteiger partial charge in [0, 0.05) is 0 Å². The van der Waals surface area contributed by atoms with Gasteiger partial charge in [-0.3, -0.25) is 0 Å². The number of hydrogen-bond donors (Lipinski definition) is 1. The minimum atomic E-state index is -0.440. The van der Waals surface area contributed by atoms with Crippen molar-refractivity contribution in [2.75, 3.05) is 0 Å². The van der Waals surface area contributed by atoms with Crippen LogP contribution in [0.1, 0.15) is 45.4 Å². The number of hydrogen-bond acceptors (Lipinski definition) is 1. The molecule has 1 saturated carbocycles. The van der Waals surface area contributed by atoms with Crippen LogP contribution in [-0.2, 0) is 0 Å². The highest BCUT2D eigenvalue weighted by Gasteiger charge is 2.32. The maximum absolute atomic E-state index is 10.1. The zero-order valence-corrected chi connectivity index (χ0v) is 8.05. The average Bonchev–Trinajstić information content (AvgIpc) is 2.53. The molecule has 0 aromatic rings. The highest BCUT2D eigenvalue weighted by Crippen LogP contribution is 2.36. The van der Waals surface area contributed by atoms with Gasteiger partial charge in [0.1, 0.15) is 0 Å². The molecule has 0 radical (unpaired) electrons. The van der Waals surface area contributed by atoms with Crippen LogP contribution in [0.2, 0.25) is 0 Å². The molecule has 1 rings (SSSR count). The lowest BCUT2D eigenvalue weighted by molar-refractivity contribution is -0.00539. The molecule has 1 nitrogen and oxygen atoms in total. The van der Waals surface area contributed by atoms with Gasteiger partial charge in [-0.25, -0.2) is 0 Å². The monoisotopic (exact) mass is 168 g/mol. The Hall–Kier alpha value is -0.300. The molecule has 1 aliphatic carbocycles. The van der Waals surface area contributed by atoms with Gasteiger partial charge < -0.3 is 5.11 Å². The second-order valence-corrected chi connectivity index (χ2v) is 4.17. The number of allylic oxidation sites excluding steroid dienone is 1. The third-order valence-corrected chi connectivity index (χ3v) is 3.09. The van der Waals surface area contributed by atoms with Crippen LogP contribution in [0.25, 0.3) is 0 Å². The summed E-state index contributed by atoms with van der Waals surface area (Å²) in [6.07, 6.45) is 8.73. The Balaban J connectivity index is 2.39. The quantitative estimate of drug-likeness (QED) is 0.640. The summed E-state index contributed by atoms with van der Waals surface area (Å²) >= 11 is 0. The Morgan fingerprint density at radius 1 is 1.50 bits per heavy atom. The van der Waals surface area contributed by atoms with E-state index in [0.29, 0.717) is 5.92 Å². The summed E-state index contributed by atoms with van der Waals surface area (Å²) in [7, 11) is 0. The van der Waals surface area contributed by atoms with Gasteiger partial charge in [-0.1, -0.05) is 18.9 Å². The maximum atomic E-state index is 10.1. The number of rotatable bonds is 4. The molecule has 0 amide bonds. The second kappa shape index (κ2) is 4.08. The van der Waals surface area contributed by atoms with E-state index in [0.717, 1.165) is 12.8 Å². The van der Waals surface area contributed by atoms with Crippen molar-refractivity contribution >= 4 is 0 Å². The van der Waals surface area contributed by atoms with Gasteiger partial charge in [-0.2, -0.15) is 0 Å². The Kier molecular flexibility index (Phi) is 3.33. The van der Waals surface area contributed by atoms with Crippen molar-refractivity contribution in [2.24, 2.45) is 5.92 Å². The van der Waals surface area contributed by atoms with Crippen LogP contribution in [0.4, 0.5) is 0 Å². The minimum Gasteiger partial charge on any atom is -0.390 e. The third-order valence-electron chi connectivity index (χ3n) is 3.09. The fourth-order valence-corrected chi connectivity index (χ4v) is 2.15. The lowest BCUT2D eigenvalue weighted by Gasteiger charge is -2.29. The standard InChI is InChI=1S/C11H20O/c1-3-4-9-11(2,12)10-7-5-6-8-10/h3,10,12H,1,4-9H2,2H3. The minimum absolute atomic E-state index is 0.440. The maximum Gasteiger partial charge on any atom is 0.0650 e. The van der Waals surface area contributed by atoms with E-state index in [-0.39, 0.29) is 0 Å². The molecule has 0 heterocycles. The molecule has 1 aliphatic rings.